The summed E-state index contributed by atoms with van der Waals surface area (Å²) in [6.07, 6.45) is 0. The van der Waals surface area contributed by atoms with E-state index in [-0.39, 0.29) is 0 Å². The van der Waals surface area contributed by atoms with Crippen LogP contribution in [0, 0.1) is 0 Å². The minimum atomic E-state index is 0.591. The summed E-state index contributed by atoms with van der Waals surface area (Å²) in [7, 11) is 0. The van der Waals surface area contributed by atoms with Gasteiger partial charge in [0.2, 0.25) is 0 Å². The van der Waals surface area contributed by atoms with Crippen molar-refractivity contribution in [3.05, 3.63) is 68.1 Å². The lowest BCUT2D eigenvalue weighted by Crippen LogP contribution is -2.12. The van der Waals surface area contributed by atoms with Crippen molar-refractivity contribution in [1.82, 2.24) is 5.32 Å². The van der Waals surface area contributed by atoms with Gasteiger partial charge in [-0.05, 0) is 35.4 Å². The zero-order chi connectivity index (χ0) is 13.0. The fourth-order valence-electron chi connectivity index (χ4n) is 1.60. The monoisotopic (exact) mass is 343 g/mol. The molecule has 2 aromatic rings. The molecule has 18 heavy (non-hydrogen) atoms. The second-order valence-corrected chi connectivity index (χ2v) is 5.71. The Morgan fingerprint density at radius 1 is 0.833 bits per heavy atom. The van der Waals surface area contributed by atoms with Crippen molar-refractivity contribution < 1.29 is 0 Å². The average molecular weight is 345 g/mol. The van der Waals surface area contributed by atoms with Gasteiger partial charge in [0.1, 0.15) is 0 Å². The molecule has 94 valence electrons. The number of hydrogen-bond donors (Lipinski definition) is 1. The molecule has 0 aliphatic rings. The third-order valence-corrected chi connectivity index (χ3v) is 3.82. The van der Waals surface area contributed by atoms with E-state index in [1.807, 2.05) is 30.3 Å². The molecule has 2 rings (SSSR count). The molecule has 1 N–H and O–H groups in total. The van der Waals surface area contributed by atoms with Crippen LogP contribution >= 0.6 is 39.1 Å². The van der Waals surface area contributed by atoms with Crippen molar-refractivity contribution >= 4 is 39.1 Å². The van der Waals surface area contributed by atoms with E-state index in [0.29, 0.717) is 10.0 Å². The number of hydrogen-bond acceptors (Lipinski definition) is 1. The highest BCUT2D eigenvalue weighted by atomic mass is 79.9. The molecular formula is C14H12BrCl2N. The van der Waals surface area contributed by atoms with Gasteiger partial charge in [-0.25, -0.2) is 0 Å². The second kappa shape index (κ2) is 6.58. The van der Waals surface area contributed by atoms with Gasteiger partial charge in [-0.1, -0.05) is 57.3 Å². The zero-order valence-corrected chi connectivity index (χ0v) is 12.7. The Bertz CT molecular complexity index is 526. The number of nitrogens with one attached hydrogen (secondary N) is 1. The standard InChI is InChI=1S/C14H12BrCl2N/c15-12-4-1-10(2-5-12)8-18-9-11-3-6-13(16)14(17)7-11/h1-7,18H,8-9H2. The second-order valence-electron chi connectivity index (χ2n) is 3.98. The quantitative estimate of drug-likeness (QED) is 0.818. The largest absolute Gasteiger partial charge is 0.309 e. The number of rotatable bonds is 4. The predicted octanol–water partition coefficient (Wildman–Crippen LogP) is 5.05. The van der Waals surface area contributed by atoms with Crippen LogP contribution in [-0.2, 0) is 13.1 Å². The lowest BCUT2D eigenvalue weighted by Gasteiger charge is -2.06. The van der Waals surface area contributed by atoms with Gasteiger partial charge in [-0.3, -0.25) is 0 Å². The molecular weight excluding hydrogens is 333 g/mol. The Morgan fingerprint density at radius 3 is 2.11 bits per heavy atom. The molecule has 0 spiro atoms. The summed E-state index contributed by atoms with van der Waals surface area (Å²) in [6.45, 7) is 1.60. The first-order valence-corrected chi connectivity index (χ1v) is 7.09. The first kappa shape index (κ1) is 13.9. The molecule has 0 aliphatic carbocycles. The Kier molecular flexibility index (Phi) is 5.07. The van der Waals surface area contributed by atoms with E-state index in [1.54, 1.807) is 0 Å². The summed E-state index contributed by atoms with van der Waals surface area (Å²) in [5, 5.41) is 4.55. The van der Waals surface area contributed by atoms with E-state index in [4.69, 9.17) is 23.2 Å². The van der Waals surface area contributed by atoms with Crippen molar-refractivity contribution in [2.45, 2.75) is 13.1 Å². The molecule has 0 radical (unpaired) electrons. The van der Waals surface area contributed by atoms with Crippen LogP contribution in [0.5, 0.6) is 0 Å². The van der Waals surface area contributed by atoms with Crippen molar-refractivity contribution in [1.29, 1.82) is 0 Å². The first-order chi connectivity index (χ1) is 8.65. The summed E-state index contributed by atoms with van der Waals surface area (Å²) in [5.41, 5.74) is 2.37. The van der Waals surface area contributed by atoms with Gasteiger partial charge in [0.15, 0.2) is 0 Å². The van der Waals surface area contributed by atoms with Crippen LogP contribution < -0.4 is 5.32 Å². The Balaban J connectivity index is 1.88. The van der Waals surface area contributed by atoms with Crippen LogP contribution in [0.3, 0.4) is 0 Å². The minimum Gasteiger partial charge on any atom is -0.309 e. The van der Waals surface area contributed by atoms with Crippen molar-refractivity contribution in [2.24, 2.45) is 0 Å². The van der Waals surface area contributed by atoms with Crippen molar-refractivity contribution in [2.75, 3.05) is 0 Å². The summed E-state index contributed by atoms with van der Waals surface area (Å²) in [6, 6.07) is 13.9. The van der Waals surface area contributed by atoms with Gasteiger partial charge in [0.25, 0.3) is 0 Å². The van der Waals surface area contributed by atoms with Crippen molar-refractivity contribution in [3.63, 3.8) is 0 Å². The lowest BCUT2D eigenvalue weighted by molar-refractivity contribution is 0.693. The van der Waals surface area contributed by atoms with Gasteiger partial charge in [-0.2, -0.15) is 0 Å². The van der Waals surface area contributed by atoms with E-state index >= 15 is 0 Å². The maximum atomic E-state index is 5.96. The first-order valence-electron chi connectivity index (χ1n) is 5.54. The predicted molar refractivity (Wildman–Crippen MR) is 81.1 cm³/mol. The topological polar surface area (TPSA) is 12.0 Å². The molecule has 0 bridgehead atoms. The van der Waals surface area contributed by atoms with Gasteiger partial charge in [0, 0.05) is 17.6 Å². The third kappa shape index (κ3) is 3.99. The van der Waals surface area contributed by atoms with Crippen LogP contribution in [0.1, 0.15) is 11.1 Å². The van der Waals surface area contributed by atoms with Gasteiger partial charge >= 0.3 is 0 Å². The summed E-state index contributed by atoms with van der Waals surface area (Å²) >= 11 is 15.2. The summed E-state index contributed by atoms with van der Waals surface area (Å²) in [4.78, 5) is 0. The summed E-state index contributed by atoms with van der Waals surface area (Å²) in [5.74, 6) is 0. The maximum Gasteiger partial charge on any atom is 0.0595 e. The molecule has 0 fully saturated rings. The summed E-state index contributed by atoms with van der Waals surface area (Å²) < 4.78 is 1.09. The lowest BCUT2D eigenvalue weighted by atomic mass is 10.2. The number of benzene rings is 2. The molecule has 0 saturated heterocycles. The molecule has 0 aromatic heterocycles. The third-order valence-electron chi connectivity index (χ3n) is 2.56. The van der Waals surface area contributed by atoms with Crippen LogP contribution in [0.2, 0.25) is 10.0 Å². The Morgan fingerprint density at radius 2 is 1.44 bits per heavy atom. The number of halogens is 3. The molecule has 2 aromatic carbocycles. The van der Waals surface area contributed by atoms with Gasteiger partial charge in [-0.15, -0.1) is 0 Å². The van der Waals surface area contributed by atoms with E-state index < -0.39 is 0 Å². The van der Waals surface area contributed by atoms with Gasteiger partial charge in [0.05, 0.1) is 10.0 Å². The average Bonchev–Trinajstić information content (AvgIpc) is 2.36. The van der Waals surface area contributed by atoms with Crippen molar-refractivity contribution in [3.8, 4) is 0 Å². The highest BCUT2D eigenvalue weighted by molar-refractivity contribution is 9.10. The highest BCUT2D eigenvalue weighted by Crippen LogP contribution is 2.22. The molecule has 0 heterocycles. The minimum absolute atomic E-state index is 0.591. The Labute approximate surface area is 125 Å². The van der Waals surface area contributed by atoms with Gasteiger partial charge < -0.3 is 5.32 Å². The molecule has 0 atom stereocenters. The SMILES string of the molecule is Clc1ccc(CNCc2ccc(Br)cc2)cc1Cl. The smallest absolute Gasteiger partial charge is 0.0595 e. The fraction of sp³-hybridized carbons (Fsp3) is 0.143. The van der Waals surface area contributed by atoms with E-state index in [1.165, 1.54) is 5.56 Å². The normalized spacial score (nSPS) is 10.6. The van der Waals surface area contributed by atoms with Crippen LogP contribution in [0.4, 0.5) is 0 Å². The molecule has 0 amide bonds. The fourth-order valence-corrected chi connectivity index (χ4v) is 2.19. The molecule has 4 heteroatoms. The molecule has 1 nitrogen and oxygen atoms in total. The molecule has 0 unspecified atom stereocenters. The molecule has 0 aliphatic heterocycles. The van der Waals surface area contributed by atoms with E-state index in [2.05, 4.69) is 33.4 Å². The highest BCUT2D eigenvalue weighted by Gasteiger charge is 1.99. The van der Waals surface area contributed by atoms with Crippen LogP contribution in [0.25, 0.3) is 0 Å². The van der Waals surface area contributed by atoms with E-state index in [9.17, 15) is 0 Å². The van der Waals surface area contributed by atoms with E-state index in [0.717, 1.165) is 23.1 Å². The maximum absolute atomic E-state index is 5.96. The molecule has 0 saturated carbocycles. The zero-order valence-electron chi connectivity index (χ0n) is 9.59. The van der Waals surface area contributed by atoms with Crippen LogP contribution in [-0.4, -0.2) is 0 Å². The van der Waals surface area contributed by atoms with Crippen LogP contribution in [0.15, 0.2) is 46.9 Å². The Hall–Kier alpha value is -0.540.